The summed E-state index contributed by atoms with van der Waals surface area (Å²) in [5, 5.41) is 0. The lowest BCUT2D eigenvalue weighted by Gasteiger charge is -2.05. The normalized spacial score (nSPS) is 13.5. The van der Waals surface area contributed by atoms with Gasteiger partial charge < -0.3 is 18.8 Å². The highest BCUT2D eigenvalue weighted by Crippen LogP contribution is 2.37. The van der Waals surface area contributed by atoms with Crippen LogP contribution in [0.15, 0.2) is 46.3 Å². The first kappa shape index (κ1) is 22.0. The molecule has 0 fully saturated rings. The van der Waals surface area contributed by atoms with E-state index in [9.17, 15) is 18.0 Å². The zero-order valence-electron chi connectivity index (χ0n) is 17.4. The summed E-state index contributed by atoms with van der Waals surface area (Å²) in [7, 11) is -2.55. The maximum Gasteiger partial charge on any atom is 0.307 e. The zero-order valence-corrected chi connectivity index (χ0v) is 19.0. The van der Waals surface area contributed by atoms with Crippen LogP contribution in [0.3, 0.4) is 0 Å². The highest BCUT2D eigenvalue weighted by atomic mass is 32.2. The maximum atomic E-state index is 12.6. The molecular formula is C21H20N2O7S2. The number of hydrogen-bond donors (Lipinski definition) is 0. The first-order valence-electron chi connectivity index (χ1n) is 9.63. The number of fused-ring (bicyclic) bond motifs is 2. The van der Waals surface area contributed by atoms with Gasteiger partial charge in [0.15, 0.2) is 26.1 Å². The monoisotopic (exact) mass is 476 g/mol. The van der Waals surface area contributed by atoms with E-state index in [0.717, 1.165) is 10.3 Å². The number of nitrogens with zero attached hydrogens (tertiary/aromatic N) is 2. The van der Waals surface area contributed by atoms with Crippen molar-refractivity contribution in [1.82, 2.24) is 4.57 Å². The van der Waals surface area contributed by atoms with E-state index in [2.05, 4.69) is 4.99 Å². The van der Waals surface area contributed by atoms with Crippen LogP contribution < -0.4 is 14.3 Å². The van der Waals surface area contributed by atoms with E-state index >= 15 is 0 Å². The fraction of sp³-hybridized carbons (Fsp3) is 0.286. The minimum Gasteiger partial charge on any atom is -0.469 e. The van der Waals surface area contributed by atoms with E-state index in [0.29, 0.717) is 17.0 Å². The van der Waals surface area contributed by atoms with Crippen LogP contribution in [-0.4, -0.2) is 44.5 Å². The van der Waals surface area contributed by atoms with E-state index < -0.39 is 27.5 Å². The van der Waals surface area contributed by atoms with E-state index in [4.69, 9.17) is 14.2 Å². The van der Waals surface area contributed by atoms with Crippen LogP contribution >= 0.6 is 11.3 Å². The van der Waals surface area contributed by atoms with E-state index in [1.807, 2.05) is 6.92 Å². The van der Waals surface area contributed by atoms with Crippen molar-refractivity contribution in [2.75, 3.05) is 19.7 Å². The molecule has 32 heavy (non-hydrogen) atoms. The number of aromatic nitrogens is 1. The molecule has 168 valence electrons. The predicted octanol–water partition coefficient (Wildman–Crippen LogP) is 2.20. The van der Waals surface area contributed by atoms with Crippen molar-refractivity contribution in [2.24, 2.45) is 4.99 Å². The summed E-state index contributed by atoms with van der Waals surface area (Å²) in [4.78, 5) is 28.7. The third-order valence-corrected chi connectivity index (χ3v) is 7.52. The minimum atomic E-state index is -3.84. The molecule has 0 N–H and O–H groups in total. The van der Waals surface area contributed by atoms with Crippen molar-refractivity contribution in [3.63, 3.8) is 0 Å². The third-order valence-electron chi connectivity index (χ3n) is 4.86. The second-order valence-electron chi connectivity index (χ2n) is 7.11. The molecule has 0 spiro atoms. The number of ether oxygens (including phenoxy) is 3. The lowest BCUT2D eigenvalue weighted by molar-refractivity contribution is -0.140. The highest BCUT2D eigenvalue weighted by molar-refractivity contribution is 7.92. The van der Waals surface area contributed by atoms with Crippen LogP contribution in [0.5, 0.6) is 11.5 Å². The van der Waals surface area contributed by atoms with Gasteiger partial charge in [-0.3, -0.25) is 9.59 Å². The lowest BCUT2D eigenvalue weighted by atomic mass is 10.2. The summed E-state index contributed by atoms with van der Waals surface area (Å²) in [5.41, 5.74) is 1.60. The van der Waals surface area contributed by atoms with E-state index in [1.165, 1.54) is 30.6 Å². The number of aryl methyl sites for hydroxylation is 2. The number of thiazole rings is 1. The van der Waals surface area contributed by atoms with Gasteiger partial charge in [0.2, 0.25) is 6.79 Å². The van der Waals surface area contributed by atoms with Crippen LogP contribution in [0, 0.1) is 6.92 Å². The van der Waals surface area contributed by atoms with E-state index in [-0.39, 0.29) is 29.5 Å². The van der Waals surface area contributed by atoms with Crippen molar-refractivity contribution < 1.29 is 32.2 Å². The van der Waals surface area contributed by atoms with Gasteiger partial charge in [-0.05, 0) is 19.1 Å². The summed E-state index contributed by atoms with van der Waals surface area (Å²) in [6, 6.07) is 9.79. The standard InChI is InChI=1S/C21H20N2O7S2/c1-13-3-5-14(6-4-13)32(26,27)11-19(24)22-21-23(8-7-20(25)28-2)15-9-16-17(30-12-29-16)10-18(15)31-21/h3-6,9-10H,7-8,11-12H2,1-2H3. The minimum absolute atomic E-state index is 0.0554. The quantitative estimate of drug-likeness (QED) is 0.501. The largest absolute Gasteiger partial charge is 0.469 e. The van der Waals surface area contributed by atoms with E-state index in [1.54, 1.807) is 28.8 Å². The highest BCUT2D eigenvalue weighted by Gasteiger charge is 2.21. The van der Waals surface area contributed by atoms with Crippen molar-refractivity contribution in [2.45, 2.75) is 24.8 Å². The molecule has 0 bridgehead atoms. The number of amides is 1. The van der Waals surface area contributed by atoms with Gasteiger partial charge in [-0.25, -0.2) is 8.42 Å². The Bertz CT molecular complexity index is 1370. The summed E-state index contributed by atoms with van der Waals surface area (Å²) >= 11 is 1.19. The lowest BCUT2D eigenvalue weighted by Crippen LogP contribution is -2.22. The smallest absolute Gasteiger partial charge is 0.307 e. The van der Waals surface area contributed by atoms with Crippen LogP contribution in [-0.2, 0) is 30.7 Å². The second-order valence-corrected chi connectivity index (χ2v) is 10.1. The second kappa shape index (κ2) is 8.75. The van der Waals surface area contributed by atoms with Gasteiger partial charge in [0.25, 0.3) is 5.91 Å². The molecule has 1 amide bonds. The molecule has 11 heteroatoms. The number of esters is 1. The molecule has 2 heterocycles. The van der Waals surface area contributed by atoms with Gasteiger partial charge in [-0.2, -0.15) is 4.99 Å². The molecule has 0 radical (unpaired) electrons. The average molecular weight is 477 g/mol. The summed E-state index contributed by atoms with van der Waals surface area (Å²) in [6.45, 7) is 2.15. The van der Waals surface area contributed by atoms with Crippen LogP contribution in [0.25, 0.3) is 10.2 Å². The molecule has 3 aromatic rings. The molecule has 0 unspecified atom stereocenters. The molecule has 0 aliphatic carbocycles. The Hall–Kier alpha value is -3.18. The number of hydrogen-bond acceptors (Lipinski definition) is 8. The summed E-state index contributed by atoms with van der Waals surface area (Å²) in [6.07, 6.45) is 0.0554. The van der Waals surface area contributed by atoms with Gasteiger partial charge in [0.1, 0.15) is 5.75 Å². The number of benzene rings is 2. The molecule has 0 saturated heterocycles. The maximum absolute atomic E-state index is 12.6. The summed E-state index contributed by atoms with van der Waals surface area (Å²) < 4.78 is 43.2. The molecule has 1 aromatic heterocycles. The summed E-state index contributed by atoms with van der Waals surface area (Å²) in [5.74, 6) is -0.870. The van der Waals surface area contributed by atoms with Crippen molar-refractivity contribution in [1.29, 1.82) is 0 Å². The van der Waals surface area contributed by atoms with Crippen molar-refractivity contribution in [3.8, 4) is 11.5 Å². The molecule has 2 aromatic carbocycles. The Kier molecular flexibility index (Phi) is 6.02. The first-order chi connectivity index (χ1) is 15.3. The van der Waals surface area contributed by atoms with Crippen LogP contribution in [0.4, 0.5) is 0 Å². The van der Waals surface area contributed by atoms with Gasteiger partial charge in [-0.15, -0.1) is 0 Å². The van der Waals surface area contributed by atoms with Crippen molar-refractivity contribution in [3.05, 3.63) is 46.8 Å². The molecular weight excluding hydrogens is 456 g/mol. The Morgan fingerprint density at radius 3 is 2.53 bits per heavy atom. The van der Waals surface area contributed by atoms with Gasteiger partial charge >= 0.3 is 5.97 Å². The molecule has 1 aliphatic rings. The Morgan fingerprint density at radius 2 is 1.84 bits per heavy atom. The molecule has 9 nitrogen and oxygen atoms in total. The number of carbonyl (C=O) groups is 2. The SMILES string of the molecule is COC(=O)CCn1c(=NC(=O)CS(=O)(=O)c2ccc(C)cc2)sc2cc3c(cc21)OCO3. The molecule has 1 aliphatic heterocycles. The molecule has 0 atom stereocenters. The number of sulfone groups is 1. The van der Waals surface area contributed by atoms with Crippen molar-refractivity contribution >= 4 is 43.3 Å². The molecule has 0 saturated carbocycles. The first-order valence-corrected chi connectivity index (χ1v) is 12.1. The van der Waals surface area contributed by atoms with Gasteiger partial charge in [0, 0.05) is 18.7 Å². The topological polar surface area (TPSA) is 113 Å². The van der Waals surface area contributed by atoms with Gasteiger partial charge in [0.05, 0.1) is 28.6 Å². The number of carbonyl (C=O) groups excluding carboxylic acids is 2. The van der Waals surface area contributed by atoms with Crippen LogP contribution in [0.1, 0.15) is 12.0 Å². The van der Waals surface area contributed by atoms with Gasteiger partial charge in [-0.1, -0.05) is 29.0 Å². The third kappa shape index (κ3) is 4.53. The number of rotatable bonds is 6. The Balaban J connectivity index is 1.70. The fourth-order valence-electron chi connectivity index (χ4n) is 3.20. The predicted molar refractivity (Wildman–Crippen MR) is 116 cm³/mol. The van der Waals surface area contributed by atoms with Crippen LogP contribution in [0.2, 0.25) is 0 Å². The average Bonchev–Trinajstić information content (AvgIpc) is 3.33. The number of methoxy groups -OCH3 is 1. The molecule has 4 rings (SSSR count). The Morgan fingerprint density at radius 1 is 1.16 bits per heavy atom. The fourth-order valence-corrected chi connectivity index (χ4v) is 5.39. The zero-order chi connectivity index (χ0) is 22.9. The Labute approximate surface area is 187 Å².